The quantitative estimate of drug-likeness (QED) is 0.815. The molecule has 2 aromatic carbocycles. The van der Waals surface area contributed by atoms with Crippen molar-refractivity contribution in [3.05, 3.63) is 53.1 Å². The molecular formula is C16H15ClO2S. The van der Waals surface area contributed by atoms with Gasteiger partial charge >= 0.3 is 5.97 Å². The third-order valence-corrected chi connectivity index (χ3v) is 4.23. The lowest BCUT2D eigenvalue weighted by Crippen LogP contribution is -2.08. The van der Waals surface area contributed by atoms with E-state index in [4.69, 9.17) is 11.6 Å². The van der Waals surface area contributed by atoms with Gasteiger partial charge in [0.15, 0.2) is 0 Å². The molecule has 1 atom stereocenters. The third kappa shape index (κ3) is 3.17. The second-order valence-electron chi connectivity index (χ2n) is 4.52. The maximum absolute atomic E-state index is 11.2. The molecule has 0 saturated heterocycles. The van der Waals surface area contributed by atoms with Crippen LogP contribution in [0.25, 0.3) is 11.1 Å². The van der Waals surface area contributed by atoms with E-state index in [1.165, 1.54) is 4.90 Å². The van der Waals surface area contributed by atoms with Crippen LogP contribution in [-0.4, -0.2) is 17.3 Å². The molecule has 2 rings (SSSR count). The summed E-state index contributed by atoms with van der Waals surface area (Å²) in [6, 6.07) is 13.5. The zero-order valence-corrected chi connectivity index (χ0v) is 12.8. The average Bonchev–Trinajstić information content (AvgIpc) is 2.46. The highest BCUT2D eigenvalue weighted by molar-refractivity contribution is 7.98. The summed E-state index contributed by atoms with van der Waals surface area (Å²) < 4.78 is 0. The SMILES string of the molecule is CSc1ccc(-c2ccc(Cl)cc2C(C)C(=O)O)cc1. The minimum Gasteiger partial charge on any atom is -0.481 e. The Morgan fingerprint density at radius 3 is 2.40 bits per heavy atom. The summed E-state index contributed by atoms with van der Waals surface area (Å²) in [5.41, 5.74) is 2.65. The highest BCUT2D eigenvalue weighted by Gasteiger charge is 2.18. The molecule has 0 heterocycles. The van der Waals surface area contributed by atoms with Crippen molar-refractivity contribution in [3.63, 3.8) is 0 Å². The zero-order valence-electron chi connectivity index (χ0n) is 11.3. The Labute approximate surface area is 127 Å². The highest BCUT2D eigenvalue weighted by atomic mass is 35.5. The number of benzene rings is 2. The number of carbonyl (C=O) groups is 1. The Hall–Kier alpha value is -1.45. The first-order valence-corrected chi connectivity index (χ1v) is 7.80. The predicted molar refractivity (Wildman–Crippen MR) is 84.7 cm³/mol. The lowest BCUT2D eigenvalue weighted by molar-refractivity contribution is -0.138. The fraction of sp³-hybridized carbons (Fsp3) is 0.188. The van der Waals surface area contributed by atoms with Crippen molar-refractivity contribution >= 4 is 29.3 Å². The number of rotatable bonds is 4. The number of hydrogen-bond acceptors (Lipinski definition) is 2. The average molecular weight is 307 g/mol. The molecule has 104 valence electrons. The molecule has 0 aliphatic rings. The lowest BCUT2D eigenvalue weighted by atomic mass is 9.92. The van der Waals surface area contributed by atoms with Crippen LogP contribution in [0.3, 0.4) is 0 Å². The predicted octanol–water partition coefficient (Wildman–Crippen LogP) is 4.92. The Morgan fingerprint density at radius 1 is 1.20 bits per heavy atom. The molecule has 0 aromatic heterocycles. The van der Waals surface area contributed by atoms with Crippen LogP contribution in [-0.2, 0) is 4.79 Å². The van der Waals surface area contributed by atoms with E-state index in [0.717, 1.165) is 16.7 Å². The summed E-state index contributed by atoms with van der Waals surface area (Å²) in [4.78, 5) is 12.4. The van der Waals surface area contributed by atoms with Crippen molar-refractivity contribution in [2.24, 2.45) is 0 Å². The number of aliphatic carboxylic acids is 1. The molecule has 0 aliphatic carbocycles. The van der Waals surface area contributed by atoms with Crippen LogP contribution < -0.4 is 0 Å². The standard InChI is InChI=1S/C16H15ClO2S/c1-10(16(18)19)15-9-12(17)5-8-14(15)11-3-6-13(20-2)7-4-11/h3-10H,1-2H3,(H,18,19). The van der Waals surface area contributed by atoms with Crippen LogP contribution in [0.2, 0.25) is 5.02 Å². The van der Waals surface area contributed by atoms with Gasteiger partial charge < -0.3 is 5.11 Å². The van der Waals surface area contributed by atoms with E-state index in [9.17, 15) is 9.90 Å². The molecule has 1 unspecified atom stereocenters. The van der Waals surface area contributed by atoms with Crippen LogP contribution >= 0.6 is 23.4 Å². The fourth-order valence-corrected chi connectivity index (χ4v) is 2.65. The largest absolute Gasteiger partial charge is 0.481 e. The topological polar surface area (TPSA) is 37.3 Å². The first-order chi connectivity index (χ1) is 9.52. The maximum atomic E-state index is 11.2. The molecule has 0 bridgehead atoms. The van der Waals surface area contributed by atoms with E-state index in [2.05, 4.69) is 0 Å². The summed E-state index contributed by atoms with van der Waals surface area (Å²) in [6.45, 7) is 1.67. The van der Waals surface area contributed by atoms with Crippen molar-refractivity contribution < 1.29 is 9.90 Å². The van der Waals surface area contributed by atoms with Gasteiger partial charge in [-0.25, -0.2) is 0 Å². The summed E-state index contributed by atoms with van der Waals surface area (Å²) in [7, 11) is 0. The molecule has 0 fully saturated rings. The molecule has 0 radical (unpaired) electrons. The van der Waals surface area contributed by atoms with Crippen molar-refractivity contribution in [1.82, 2.24) is 0 Å². The van der Waals surface area contributed by atoms with Crippen molar-refractivity contribution in [1.29, 1.82) is 0 Å². The van der Waals surface area contributed by atoms with Gasteiger partial charge in [-0.05, 0) is 54.1 Å². The molecule has 0 spiro atoms. The Morgan fingerprint density at radius 2 is 1.85 bits per heavy atom. The Balaban J connectivity index is 2.52. The van der Waals surface area contributed by atoms with E-state index in [1.54, 1.807) is 30.8 Å². The Kier molecular flexibility index (Phi) is 4.73. The van der Waals surface area contributed by atoms with Gasteiger partial charge in [-0.15, -0.1) is 11.8 Å². The van der Waals surface area contributed by atoms with E-state index in [-0.39, 0.29) is 0 Å². The first kappa shape index (κ1) is 14.9. The van der Waals surface area contributed by atoms with E-state index < -0.39 is 11.9 Å². The number of carboxylic acid groups (broad SMARTS) is 1. The minimum absolute atomic E-state index is 0.553. The van der Waals surface area contributed by atoms with Gasteiger partial charge in [0.1, 0.15) is 0 Å². The minimum atomic E-state index is -0.853. The summed E-state index contributed by atoms with van der Waals surface area (Å²) in [5, 5.41) is 9.79. The number of carboxylic acids is 1. The van der Waals surface area contributed by atoms with Gasteiger partial charge in [0.05, 0.1) is 5.92 Å². The summed E-state index contributed by atoms with van der Waals surface area (Å²) in [5.74, 6) is -1.45. The highest BCUT2D eigenvalue weighted by Crippen LogP contribution is 2.32. The molecule has 0 saturated carbocycles. The van der Waals surface area contributed by atoms with E-state index in [0.29, 0.717) is 5.02 Å². The zero-order chi connectivity index (χ0) is 14.7. The molecule has 1 N–H and O–H groups in total. The molecule has 0 aliphatic heterocycles. The van der Waals surface area contributed by atoms with Crippen molar-refractivity contribution in [3.8, 4) is 11.1 Å². The van der Waals surface area contributed by atoms with Gasteiger partial charge in [0, 0.05) is 9.92 Å². The Bertz CT molecular complexity index is 623. The first-order valence-electron chi connectivity index (χ1n) is 6.19. The number of thioether (sulfide) groups is 1. The molecule has 2 aromatic rings. The molecule has 0 amide bonds. The van der Waals surface area contributed by atoms with Gasteiger partial charge in [-0.3, -0.25) is 4.79 Å². The second-order valence-corrected chi connectivity index (χ2v) is 5.84. The number of hydrogen-bond donors (Lipinski definition) is 1. The van der Waals surface area contributed by atoms with Crippen LogP contribution in [0.5, 0.6) is 0 Å². The second kappa shape index (κ2) is 6.33. The smallest absolute Gasteiger partial charge is 0.310 e. The molecular weight excluding hydrogens is 292 g/mol. The third-order valence-electron chi connectivity index (χ3n) is 3.25. The molecule has 2 nitrogen and oxygen atoms in total. The maximum Gasteiger partial charge on any atom is 0.310 e. The lowest BCUT2D eigenvalue weighted by Gasteiger charge is -2.14. The van der Waals surface area contributed by atoms with Gasteiger partial charge in [-0.2, -0.15) is 0 Å². The van der Waals surface area contributed by atoms with Crippen LogP contribution in [0.1, 0.15) is 18.4 Å². The fourth-order valence-electron chi connectivity index (χ4n) is 2.06. The molecule has 20 heavy (non-hydrogen) atoms. The van der Waals surface area contributed by atoms with Gasteiger partial charge in [0.2, 0.25) is 0 Å². The van der Waals surface area contributed by atoms with Crippen molar-refractivity contribution in [2.45, 2.75) is 17.7 Å². The van der Waals surface area contributed by atoms with E-state index >= 15 is 0 Å². The normalized spacial score (nSPS) is 12.2. The van der Waals surface area contributed by atoms with Gasteiger partial charge in [0.25, 0.3) is 0 Å². The van der Waals surface area contributed by atoms with Crippen LogP contribution in [0.4, 0.5) is 0 Å². The van der Waals surface area contributed by atoms with Crippen LogP contribution in [0, 0.1) is 0 Å². The van der Waals surface area contributed by atoms with Crippen LogP contribution in [0.15, 0.2) is 47.4 Å². The van der Waals surface area contributed by atoms with E-state index in [1.807, 2.05) is 36.6 Å². The summed E-state index contributed by atoms with van der Waals surface area (Å²) in [6.07, 6.45) is 2.02. The molecule has 4 heteroatoms. The summed E-state index contributed by atoms with van der Waals surface area (Å²) >= 11 is 7.68. The van der Waals surface area contributed by atoms with Gasteiger partial charge in [-0.1, -0.05) is 29.8 Å². The monoisotopic (exact) mass is 306 g/mol. The van der Waals surface area contributed by atoms with Crippen molar-refractivity contribution in [2.75, 3.05) is 6.26 Å². The number of halogens is 1.